The molecule has 0 unspecified atom stereocenters. The molecule has 1 aliphatic heterocycles. The van der Waals surface area contributed by atoms with Crippen LogP contribution < -0.4 is 0 Å². The maximum Gasteiger partial charge on any atom is 0.169 e. The number of hydrogen-bond donors (Lipinski definition) is 0. The fourth-order valence-electron chi connectivity index (χ4n) is 0.359. The van der Waals surface area contributed by atoms with Crippen LogP contribution in [-0.4, -0.2) is 4.01 Å². The minimum atomic E-state index is -0.588. The third-order valence-corrected chi connectivity index (χ3v) is 4.71. The van der Waals surface area contributed by atoms with Gasteiger partial charge in [0.15, 0.2) is 3.83 Å². The standard InChI is InChI=1S/C5H2BrClFI/c6-4-1-3(7)2-9-5(4)8/h1-2H. The van der Waals surface area contributed by atoms with Crippen molar-refractivity contribution in [2.75, 3.05) is 0 Å². The Hall–Kier alpha value is 0.780. The zero-order chi connectivity index (χ0) is 6.85. The normalized spacial score (nSPS) is 19.2. The highest BCUT2D eigenvalue weighted by Crippen LogP contribution is 2.31. The van der Waals surface area contributed by atoms with Crippen LogP contribution in [0.5, 0.6) is 0 Å². The fourth-order valence-corrected chi connectivity index (χ4v) is 2.91. The van der Waals surface area contributed by atoms with Crippen molar-refractivity contribution in [3.63, 3.8) is 0 Å². The Labute approximate surface area is 75.6 Å². The Balaban J connectivity index is 3.01. The molecule has 0 saturated carbocycles. The van der Waals surface area contributed by atoms with Crippen LogP contribution in [0.1, 0.15) is 0 Å². The van der Waals surface area contributed by atoms with Gasteiger partial charge >= 0.3 is 0 Å². The summed E-state index contributed by atoms with van der Waals surface area (Å²) < 4.78 is 14.7. The highest BCUT2D eigenvalue weighted by Gasteiger charge is 2.02. The van der Waals surface area contributed by atoms with Gasteiger partial charge in [0, 0.05) is 5.03 Å². The summed E-state index contributed by atoms with van der Waals surface area (Å²) in [5.74, 6) is 0. The Kier molecular flexibility index (Phi) is 2.85. The van der Waals surface area contributed by atoms with E-state index in [0.29, 0.717) is 9.51 Å². The molecule has 50 valence electrons. The largest absolute Gasteiger partial charge is 0.199 e. The molecule has 0 nitrogen and oxygen atoms in total. The molecule has 1 aliphatic rings. The van der Waals surface area contributed by atoms with Gasteiger partial charge in [-0.1, -0.05) is 32.3 Å². The lowest BCUT2D eigenvalue weighted by Crippen LogP contribution is -1.77. The molecular formula is C5H2BrClFI. The van der Waals surface area contributed by atoms with Gasteiger partial charge < -0.3 is 0 Å². The van der Waals surface area contributed by atoms with Gasteiger partial charge in [0.25, 0.3) is 0 Å². The van der Waals surface area contributed by atoms with E-state index in [9.17, 15) is 4.39 Å². The topological polar surface area (TPSA) is 0 Å². The zero-order valence-corrected chi connectivity index (χ0v) is 8.67. The van der Waals surface area contributed by atoms with E-state index in [1.54, 1.807) is 10.1 Å². The third-order valence-electron chi connectivity index (χ3n) is 0.700. The van der Waals surface area contributed by atoms with Crippen LogP contribution in [0.25, 0.3) is 0 Å². The summed E-state index contributed by atoms with van der Waals surface area (Å²) in [6, 6.07) is 0. The molecule has 0 atom stereocenters. The molecule has 0 aromatic heterocycles. The van der Waals surface area contributed by atoms with Crippen LogP contribution in [-0.2, 0) is 0 Å². The summed E-state index contributed by atoms with van der Waals surface area (Å²) in [7, 11) is 0. The average Bonchev–Trinajstić information content (AvgIpc) is 1.80. The second kappa shape index (κ2) is 3.25. The predicted octanol–water partition coefficient (Wildman–Crippen LogP) is 3.43. The molecule has 0 aromatic rings. The van der Waals surface area contributed by atoms with Gasteiger partial charge in [-0.2, -0.15) is 4.39 Å². The number of rotatable bonds is 0. The lowest BCUT2D eigenvalue weighted by molar-refractivity contribution is 0.710. The number of allylic oxidation sites excluding steroid dienone is 3. The highest BCUT2D eigenvalue weighted by atomic mass is 127. The quantitative estimate of drug-likeness (QED) is 0.599. The van der Waals surface area contributed by atoms with Crippen LogP contribution in [0.3, 0.4) is 0 Å². The molecule has 4 heteroatoms. The third kappa shape index (κ3) is 2.13. The summed E-state index contributed by atoms with van der Waals surface area (Å²) in [5, 5.41) is 0.635. The molecule has 0 aliphatic carbocycles. The van der Waals surface area contributed by atoms with E-state index in [-0.39, 0.29) is 3.83 Å². The first-order chi connectivity index (χ1) is 4.20. The summed E-state index contributed by atoms with van der Waals surface area (Å²) in [5.41, 5.74) is 0. The van der Waals surface area contributed by atoms with Crippen molar-refractivity contribution in [1.29, 1.82) is 0 Å². The van der Waals surface area contributed by atoms with Crippen LogP contribution in [0.2, 0.25) is 0 Å². The van der Waals surface area contributed by atoms with Crippen molar-refractivity contribution in [2.24, 2.45) is 0 Å². The summed E-state index contributed by atoms with van der Waals surface area (Å²) >= 11 is 8.04. The molecule has 0 saturated heterocycles. The van der Waals surface area contributed by atoms with E-state index in [0.717, 1.165) is 0 Å². The summed E-state index contributed by atoms with van der Waals surface area (Å²) in [4.78, 5) is 0. The SMILES string of the molecule is FC1=C(Br)C=C(Cl)C=I1. The molecule has 0 aromatic carbocycles. The lowest BCUT2D eigenvalue weighted by atomic mass is 10.5. The van der Waals surface area contributed by atoms with E-state index in [1.807, 2.05) is 0 Å². The van der Waals surface area contributed by atoms with Crippen molar-refractivity contribution in [1.82, 2.24) is 0 Å². The molecule has 1 heterocycles. The van der Waals surface area contributed by atoms with Gasteiger partial charge in [-0.05, 0) is 26.0 Å². The molecule has 0 radical (unpaired) electrons. The van der Waals surface area contributed by atoms with E-state index >= 15 is 0 Å². The van der Waals surface area contributed by atoms with Crippen LogP contribution >= 0.6 is 48.3 Å². The van der Waals surface area contributed by atoms with Crippen molar-refractivity contribution in [2.45, 2.75) is 0 Å². The second-order valence-corrected chi connectivity index (χ2v) is 4.84. The summed E-state index contributed by atoms with van der Waals surface area (Å²) in [6.07, 6.45) is 1.57. The predicted molar refractivity (Wildman–Crippen MR) is 51.1 cm³/mol. The molecule has 0 N–H and O–H groups in total. The van der Waals surface area contributed by atoms with Gasteiger partial charge in [-0.3, -0.25) is 0 Å². The minimum Gasteiger partial charge on any atom is -0.199 e. The van der Waals surface area contributed by atoms with Crippen molar-refractivity contribution in [3.05, 3.63) is 19.4 Å². The van der Waals surface area contributed by atoms with Crippen LogP contribution in [0, 0.1) is 0 Å². The molecule has 0 fully saturated rings. The lowest BCUT2D eigenvalue weighted by Gasteiger charge is -1.96. The molecular weight excluding hydrogens is 321 g/mol. The molecule has 9 heavy (non-hydrogen) atoms. The molecule has 0 amide bonds. The Morgan fingerprint density at radius 2 is 2.33 bits per heavy atom. The Morgan fingerprint density at radius 3 is 2.78 bits per heavy atom. The van der Waals surface area contributed by atoms with Crippen molar-refractivity contribution in [3.8, 4) is 0 Å². The van der Waals surface area contributed by atoms with Gasteiger partial charge in [0.05, 0.1) is 4.48 Å². The summed E-state index contributed by atoms with van der Waals surface area (Å²) in [6.45, 7) is 0. The Morgan fingerprint density at radius 1 is 1.67 bits per heavy atom. The zero-order valence-electron chi connectivity index (χ0n) is 4.17. The maximum atomic E-state index is 12.5. The van der Waals surface area contributed by atoms with Gasteiger partial charge in [0.2, 0.25) is 0 Å². The van der Waals surface area contributed by atoms with Gasteiger partial charge in [-0.25, -0.2) is 0 Å². The van der Waals surface area contributed by atoms with E-state index in [1.165, 1.54) is 0 Å². The average molecular weight is 323 g/mol. The second-order valence-electron chi connectivity index (χ2n) is 1.36. The van der Waals surface area contributed by atoms with Crippen molar-refractivity contribution < 1.29 is 4.39 Å². The maximum absolute atomic E-state index is 12.5. The first-order valence-electron chi connectivity index (χ1n) is 2.09. The minimum absolute atomic E-state index is 0.0572. The highest BCUT2D eigenvalue weighted by molar-refractivity contribution is 14.2. The Bertz CT molecular complexity index is 219. The number of hydrogen-bond acceptors (Lipinski definition) is 0. The smallest absolute Gasteiger partial charge is 0.169 e. The first-order valence-corrected chi connectivity index (χ1v) is 5.59. The van der Waals surface area contributed by atoms with Gasteiger partial charge in [-0.15, -0.1) is 0 Å². The first kappa shape index (κ1) is 7.88. The van der Waals surface area contributed by atoms with Crippen LogP contribution in [0.4, 0.5) is 4.39 Å². The fraction of sp³-hybridized carbons (Fsp3) is 0. The number of halogens is 4. The van der Waals surface area contributed by atoms with Crippen LogP contribution in [0.15, 0.2) is 19.4 Å². The van der Waals surface area contributed by atoms with E-state index < -0.39 is 20.7 Å². The van der Waals surface area contributed by atoms with Gasteiger partial charge in [0.1, 0.15) is 0 Å². The molecule has 0 spiro atoms. The van der Waals surface area contributed by atoms with E-state index in [2.05, 4.69) is 15.9 Å². The molecule has 1 rings (SSSR count). The molecule has 0 bridgehead atoms. The monoisotopic (exact) mass is 322 g/mol. The van der Waals surface area contributed by atoms with E-state index in [4.69, 9.17) is 11.6 Å². The van der Waals surface area contributed by atoms with Crippen molar-refractivity contribution >= 4 is 52.3 Å².